The van der Waals surface area contributed by atoms with E-state index in [0.29, 0.717) is 6.61 Å². The number of carbonyl (C=O) groups is 1. The second-order valence-corrected chi connectivity index (χ2v) is 5.22. The molecule has 17 heavy (non-hydrogen) atoms. The molecule has 1 aliphatic heterocycles. The summed E-state index contributed by atoms with van der Waals surface area (Å²) < 4.78 is 10.7. The first kappa shape index (κ1) is 16.8. The Balaban J connectivity index is 0.00000256. The molecule has 1 saturated heterocycles. The van der Waals surface area contributed by atoms with Gasteiger partial charge in [0.15, 0.2) is 0 Å². The molecule has 0 radical (unpaired) electrons. The van der Waals surface area contributed by atoms with Crippen LogP contribution in [0.25, 0.3) is 0 Å². The Labute approximate surface area is 116 Å². The fraction of sp³-hybridized carbons (Fsp3) is 0.833. The van der Waals surface area contributed by atoms with E-state index in [2.05, 4.69) is 0 Å². The Morgan fingerprint density at radius 1 is 1.41 bits per heavy atom. The molecule has 0 atom stereocenters. The molecule has 1 aliphatic rings. The smallest absolute Gasteiger partial charge is 0.621 e. The Bertz CT molecular complexity index is 250. The maximum Gasteiger partial charge on any atom is 1.00 e. The summed E-state index contributed by atoms with van der Waals surface area (Å²) >= 11 is 0. The zero-order valence-corrected chi connectivity index (χ0v) is 11.9. The predicted octanol–water partition coefficient (Wildman–Crippen LogP) is -0.0642. The van der Waals surface area contributed by atoms with Gasteiger partial charge in [0.1, 0.15) is 5.72 Å². The summed E-state index contributed by atoms with van der Waals surface area (Å²) in [6.45, 7) is 11.8. The first-order valence-corrected chi connectivity index (χ1v) is 5.78. The molecular formula is C12H22LiNO3. The summed E-state index contributed by atoms with van der Waals surface area (Å²) in [5.74, 6) is 0. The minimum Gasteiger partial charge on any atom is -0.621 e. The minimum absolute atomic E-state index is 0. The SMILES string of the molecule is CCC[CH-]OC(=O)N1C(C)(C)COC1(C)C.[Li+]. The molecular weight excluding hydrogens is 213 g/mol. The van der Waals surface area contributed by atoms with E-state index in [0.717, 1.165) is 12.8 Å². The van der Waals surface area contributed by atoms with Crippen LogP contribution in [0.1, 0.15) is 47.5 Å². The van der Waals surface area contributed by atoms with Crippen molar-refractivity contribution in [3.63, 3.8) is 0 Å². The van der Waals surface area contributed by atoms with Gasteiger partial charge in [0, 0.05) is 0 Å². The van der Waals surface area contributed by atoms with Crippen molar-refractivity contribution in [2.45, 2.75) is 58.7 Å². The second kappa shape index (κ2) is 6.13. The fourth-order valence-electron chi connectivity index (χ4n) is 1.98. The van der Waals surface area contributed by atoms with Crippen molar-refractivity contribution >= 4 is 6.09 Å². The van der Waals surface area contributed by atoms with Crippen molar-refractivity contribution in [3.05, 3.63) is 6.61 Å². The molecule has 0 aromatic heterocycles. The average Bonchev–Trinajstić information content (AvgIpc) is 2.36. The van der Waals surface area contributed by atoms with Gasteiger partial charge in [-0.3, -0.25) is 4.90 Å². The van der Waals surface area contributed by atoms with Gasteiger partial charge in [-0.05, 0) is 27.7 Å². The maximum absolute atomic E-state index is 11.9. The van der Waals surface area contributed by atoms with Crippen molar-refractivity contribution in [2.24, 2.45) is 0 Å². The quantitative estimate of drug-likeness (QED) is 0.391. The summed E-state index contributed by atoms with van der Waals surface area (Å²) in [6.07, 6.45) is 1.42. The Morgan fingerprint density at radius 3 is 2.41 bits per heavy atom. The standard InChI is InChI=1S/C12H22NO3.Li/c1-6-7-8-15-10(14)13-11(2,3)9-16-12(13,4)5;/h8H,6-7,9H2,1-5H3;/q-1;+1. The second-order valence-electron chi connectivity index (χ2n) is 5.22. The van der Waals surface area contributed by atoms with Crippen LogP contribution in [0, 0.1) is 6.61 Å². The third-order valence-electron chi connectivity index (χ3n) is 2.70. The van der Waals surface area contributed by atoms with E-state index in [4.69, 9.17) is 9.47 Å². The van der Waals surface area contributed by atoms with Crippen LogP contribution in [0.4, 0.5) is 4.79 Å². The van der Waals surface area contributed by atoms with E-state index in [1.165, 1.54) is 0 Å². The van der Waals surface area contributed by atoms with E-state index in [1.54, 1.807) is 11.5 Å². The van der Waals surface area contributed by atoms with E-state index < -0.39 is 5.72 Å². The van der Waals surface area contributed by atoms with Crippen molar-refractivity contribution in [3.8, 4) is 0 Å². The van der Waals surface area contributed by atoms with Crippen LogP contribution in [0.2, 0.25) is 0 Å². The maximum atomic E-state index is 11.9. The van der Waals surface area contributed by atoms with E-state index in [9.17, 15) is 4.79 Å². The van der Waals surface area contributed by atoms with Gasteiger partial charge in [-0.15, -0.1) is 6.42 Å². The number of carbonyl (C=O) groups excluding carboxylic acids is 1. The number of hydrogen-bond donors (Lipinski definition) is 0. The van der Waals surface area contributed by atoms with Crippen LogP contribution in [0.3, 0.4) is 0 Å². The van der Waals surface area contributed by atoms with Crippen LogP contribution in [-0.2, 0) is 9.47 Å². The zero-order chi connectivity index (χ0) is 12.4. The molecule has 1 rings (SSSR count). The molecule has 1 fully saturated rings. The topological polar surface area (TPSA) is 38.8 Å². The van der Waals surface area contributed by atoms with Crippen LogP contribution in [0.15, 0.2) is 0 Å². The van der Waals surface area contributed by atoms with Crippen molar-refractivity contribution in [2.75, 3.05) is 6.61 Å². The molecule has 94 valence electrons. The van der Waals surface area contributed by atoms with Gasteiger partial charge in [-0.2, -0.15) is 6.61 Å². The van der Waals surface area contributed by atoms with Crippen molar-refractivity contribution in [1.29, 1.82) is 0 Å². The van der Waals surface area contributed by atoms with Crippen LogP contribution in [0.5, 0.6) is 0 Å². The Kier molecular flexibility index (Phi) is 6.07. The molecule has 0 aliphatic carbocycles. The largest absolute Gasteiger partial charge is 1.00 e. The summed E-state index contributed by atoms with van der Waals surface area (Å²) in [5.41, 5.74) is -0.915. The number of unbranched alkanes of at least 4 members (excludes halogenated alkanes) is 1. The summed E-state index contributed by atoms with van der Waals surface area (Å²) in [4.78, 5) is 13.6. The van der Waals surface area contributed by atoms with Gasteiger partial charge < -0.3 is 9.47 Å². The van der Waals surface area contributed by atoms with Gasteiger partial charge in [0.05, 0.1) is 12.1 Å². The normalized spacial score (nSPS) is 20.9. The molecule has 0 bridgehead atoms. The van der Waals surface area contributed by atoms with Gasteiger partial charge >= 0.3 is 25.0 Å². The molecule has 0 aromatic rings. The third kappa shape index (κ3) is 3.91. The minimum atomic E-state index is -0.597. The van der Waals surface area contributed by atoms with E-state index >= 15 is 0 Å². The number of ether oxygens (including phenoxy) is 2. The van der Waals surface area contributed by atoms with Gasteiger partial charge in [-0.1, -0.05) is 13.3 Å². The van der Waals surface area contributed by atoms with Gasteiger partial charge in [-0.25, -0.2) is 4.79 Å². The summed E-state index contributed by atoms with van der Waals surface area (Å²) in [5, 5.41) is 0. The number of nitrogens with zero attached hydrogens (tertiary/aromatic N) is 1. The third-order valence-corrected chi connectivity index (χ3v) is 2.70. The fourth-order valence-corrected chi connectivity index (χ4v) is 1.98. The molecule has 1 amide bonds. The van der Waals surface area contributed by atoms with Gasteiger partial charge in [0.25, 0.3) is 0 Å². The first-order chi connectivity index (χ1) is 7.31. The number of hydrogen-bond acceptors (Lipinski definition) is 3. The monoisotopic (exact) mass is 235 g/mol. The Morgan fingerprint density at radius 2 is 2.00 bits per heavy atom. The summed E-state index contributed by atoms with van der Waals surface area (Å²) in [6, 6.07) is 0. The van der Waals surface area contributed by atoms with E-state index in [-0.39, 0.29) is 30.5 Å². The zero-order valence-electron chi connectivity index (χ0n) is 11.9. The Hall–Kier alpha value is -0.173. The molecule has 5 heteroatoms. The number of rotatable bonds is 3. The molecule has 0 saturated carbocycles. The molecule has 0 N–H and O–H groups in total. The van der Waals surface area contributed by atoms with Crippen LogP contribution >= 0.6 is 0 Å². The number of amides is 1. The van der Waals surface area contributed by atoms with Crippen LogP contribution < -0.4 is 18.9 Å². The molecule has 4 nitrogen and oxygen atoms in total. The van der Waals surface area contributed by atoms with Gasteiger partial charge in [0.2, 0.25) is 0 Å². The molecule has 0 aromatic carbocycles. The molecule has 0 spiro atoms. The first-order valence-electron chi connectivity index (χ1n) is 5.78. The molecule has 0 unspecified atom stereocenters. The summed E-state index contributed by atoms with van der Waals surface area (Å²) in [7, 11) is 0. The van der Waals surface area contributed by atoms with E-state index in [1.807, 2.05) is 34.6 Å². The molecule has 1 heterocycles. The van der Waals surface area contributed by atoms with Crippen LogP contribution in [-0.4, -0.2) is 28.9 Å². The average molecular weight is 235 g/mol. The van der Waals surface area contributed by atoms with Crippen molar-refractivity contribution in [1.82, 2.24) is 4.90 Å². The predicted molar refractivity (Wildman–Crippen MR) is 61.6 cm³/mol. The van der Waals surface area contributed by atoms with Crippen molar-refractivity contribution < 1.29 is 33.1 Å².